The Kier molecular flexibility index (Phi) is 9.63. The average molecular weight is 427 g/mol. The molecule has 1 saturated carbocycles. The fourth-order valence-electron chi connectivity index (χ4n) is 4.09. The number of halogens is 2. The van der Waals surface area contributed by atoms with Crippen molar-refractivity contribution in [1.82, 2.24) is 0 Å². The zero-order valence-corrected chi connectivity index (χ0v) is 18.1. The first-order chi connectivity index (χ1) is 13.7. The molecule has 1 aliphatic heterocycles. The molecule has 0 spiro atoms. The Labute approximate surface area is 179 Å². The third kappa shape index (κ3) is 7.03. The molecular weight excluding hydrogens is 395 g/mol. The van der Waals surface area contributed by atoms with Crippen molar-refractivity contribution in [2.24, 2.45) is 5.92 Å². The van der Waals surface area contributed by atoms with Crippen LogP contribution in [-0.2, 0) is 20.8 Å². The maximum absolute atomic E-state index is 6.28. The largest absolute Gasteiger partial charge is 0.373 e. The lowest BCUT2D eigenvalue weighted by atomic mass is 9.83. The quantitative estimate of drug-likeness (QED) is 0.399. The maximum Gasteiger partial charge on any atom is 0.157 e. The summed E-state index contributed by atoms with van der Waals surface area (Å²) >= 11 is 12.6. The van der Waals surface area contributed by atoms with Crippen molar-refractivity contribution in [2.75, 3.05) is 13.2 Å². The molecule has 2 fully saturated rings. The minimum absolute atomic E-state index is 0.00819. The minimum Gasteiger partial charge on any atom is -0.373 e. The number of rotatable bonds is 9. The number of allylic oxidation sites excluding steroid dienone is 1. The Morgan fingerprint density at radius 1 is 0.964 bits per heavy atom. The molecule has 3 rings (SSSR count). The highest BCUT2D eigenvalue weighted by Crippen LogP contribution is 2.33. The minimum atomic E-state index is -0.00819. The van der Waals surface area contributed by atoms with Crippen molar-refractivity contribution in [3.05, 3.63) is 46.0 Å². The monoisotopic (exact) mass is 426 g/mol. The fourth-order valence-corrected chi connectivity index (χ4v) is 4.59. The van der Waals surface area contributed by atoms with E-state index in [0.29, 0.717) is 35.3 Å². The molecule has 5 heteroatoms. The van der Waals surface area contributed by atoms with E-state index in [1.165, 1.54) is 25.7 Å². The summed E-state index contributed by atoms with van der Waals surface area (Å²) < 4.78 is 17.6. The number of benzene rings is 1. The van der Waals surface area contributed by atoms with Crippen molar-refractivity contribution in [2.45, 2.75) is 76.8 Å². The van der Waals surface area contributed by atoms with E-state index in [-0.39, 0.29) is 6.29 Å². The van der Waals surface area contributed by atoms with Gasteiger partial charge in [-0.15, -0.1) is 0 Å². The van der Waals surface area contributed by atoms with Crippen LogP contribution in [0.25, 0.3) is 0 Å². The summed E-state index contributed by atoms with van der Waals surface area (Å²) in [6.07, 6.45) is 15.1. The number of hydrogen-bond acceptors (Lipinski definition) is 3. The van der Waals surface area contributed by atoms with E-state index in [9.17, 15) is 0 Å². The van der Waals surface area contributed by atoms with Crippen LogP contribution in [0, 0.1) is 5.92 Å². The van der Waals surface area contributed by atoms with Crippen LogP contribution in [0.4, 0.5) is 0 Å². The zero-order chi connectivity index (χ0) is 19.6. The van der Waals surface area contributed by atoms with Crippen LogP contribution in [-0.4, -0.2) is 25.6 Å². The van der Waals surface area contributed by atoms with E-state index in [1.54, 1.807) is 0 Å². The lowest BCUT2D eigenvalue weighted by Crippen LogP contribution is -2.27. The highest BCUT2D eigenvalue weighted by atomic mass is 35.5. The molecule has 3 atom stereocenters. The summed E-state index contributed by atoms with van der Waals surface area (Å²) in [5.41, 5.74) is 0.900. The van der Waals surface area contributed by atoms with E-state index in [2.05, 4.69) is 12.2 Å². The fraction of sp³-hybridized carbons (Fsp3) is 0.652. The van der Waals surface area contributed by atoms with Crippen molar-refractivity contribution >= 4 is 23.2 Å². The molecule has 1 unspecified atom stereocenters. The number of ether oxygens (including phenoxy) is 3. The van der Waals surface area contributed by atoms with Crippen molar-refractivity contribution in [3.63, 3.8) is 0 Å². The summed E-state index contributed by atoms with van der Waals surface area (Å²) in [6, 6.07) is 5.61. The Morgan fingerprint density at radius 2 is 1.75 bits per heavy atom. The molecule has 2 aliphatic rings. The van der Waals surface area contributed by atoms with Crippen LogP contribution in [0.1, 0.15) is 63.4 Å². The molecule has 3 nitrogen and oxygen atoms in total. The van der Waals surface area contributed by atoms with Gasteiger partial charge in [0, 0.05) is 22.2 Å². The van der Waals surface area contributed by atoms with E-state index < -0.39 is 0 Å². The van der Waals surface area contributed by atoms with Gasteiger partial charge >= 0.3 is 0 Å². The van der Waals surface area contributed by atoms with Crippen LogP contribution in [0.5, 0.6) is 0 Å². The van der Waals surface area contributed by atoms with Crippen LogP contribution in [0.3, 0.4) is 0 Å². The second kappa shape index (κ2) is 12.2. The summed E-state index contributed by atoms with van der Waals surface area (Å²) in [5, 5.41) is 1.37. The van der Waals surface area contributed by atoms with Crippen molar-refractivity contribution in [1.29, 1.82) is 0 Å². The molecule has 1 saturated heterocycles. The molecular formula is C23H32Cl2O3. The van der Waals surface area contributed by atoms with Gasteiger partial charge in [-0.1, -0.05) is 54.3 Å². The average Bonchev–Trinajstić information content (AvgIpc) is 2.72. The lowest BCUT2D eigenvalue weighted by Gasteiger charge is -2.31. The van der Waals surface area contributed by atoms with Gasteiger partial charge in [-0.05, 0) is 63.0 Å². The van der Waals surface area contributed by atoms with E-state index in [4.69, 9.17) is 37.4 Å². The number of hydrogen-bond donors (Lipinski definition) is 0. The Balaban J connectivity index is 1.38. The molecule has 0 bridgehead atoms. The second-order valence-electron chi connectivity index (χ2n) is 7.77. The third-order valence-corrected chi connectivity index (χ3v) is 6.44. The molecule has 156 valence electrons. The lowest BCUT2D eigenvalue weighted by molar-refractivity contribution is -0.155. The third-order valence-electron chi connectivity index (χ3n) is 5.73. The van der Waals surface area contributed by atoms with Gasteiger partial charge in [-0.2, -0.15) is 0 Å². The first-order valence-corrected chi connectivity index (χ1v) is 11.4. The van der Waals surface area contributed by atoms with Crippen molar-refractivity contribution in [3.8, 4) is 0 Å². The SMILES string of the molecule is Clc1cccc(Cl)c1COC1CCCC[C@@H]1CC/C=C/CO[C@H]1CCCCO1. The van der Waals surface area contributed by atoms with Gasteiger partial charge in [0.2, 0.25) is 0 Å². The normalized spacial score (nSPS) is 26.0. The summed E-state index contributed by atoms with van der Waals surface area (Å²) in [5.74, 6) is 0.599. The zero-order valence-electron chi connectivity index (χ0n) is 16.6. The molecule has 1 aromatic rings. The molecule has 0 aromatic heterocycles. The second-order valence-corrected chi connectivity index (χ2v) is 8.59. The predicted molar refractivity (Wildman–Crippen MR) is 115 cm³/mol. The van der Waals surface area contributed by atoms with Crippen LogP contribution in [0.15, 0.2) is 30.4 Å². The van der Waals surface area contributed by atoms with Gasteiger partial charge in [-0.25, -0.2) is 0 Å². The summed E-state index contributed by atoms with van der Waals surface area (Å²) in [6.45, 7) is 1.96. The molecule has 0 radical (unpaired) electrons. The Morgan fingerprint density at radius 3 is 2.54 bits per heavy atom. The van der Waals surface area contributed by atoms with Gasteiger partial charge < -0.3 is 14.2 Å². The first kappa shape index (κ1) is 22.1. The van der Waals surface area contributed by atoms with Gasteiger partial charge in [0.05, 0.1) is 19.3 Å². The molecule has 1 aromatic carbocycles. The van der Waals surface area contributed by atoms with Gasteiger partial charge in [-0.3, -0.25) is 0 Å². The van der Waals surface area contributed by atoms with Gasteiger partial charge in [0.1, 0.15) is 0 Å². The van der Waals surface area contributed by atoms with E-state index in [1.807, 2.05) is 18.2 Å². The summed E-state index contributed by atoms with van der Waals surface area (Å²) in [7, 11) is 0. The predicted octanol–water partition coefficient (Wildman–Crippen LogP) is 6.95. The Bertz CT molecular complexity index is 594. The molecule has 1 heterocycles. The highest BCUT2D eigenvalue weighted by molar-refractivity contribution is 6.35. The summed E-state index contributed by atoms with van der Waals surface area (Å²) in [4.78, 5) is 0. The maximum atomic E-state index is 6.28. The Hall–Kier alpha value is -0.580. The van der Waals surface area contributed by atoms with E-state index in [0.717, 1.165) is 44.3 Å². The molecule has 1 aliphatic carbocycles. The van der Waals surface area contributed by atoms with Crippen LogP contribution in [0.2, 0.25) is 10.0 Å². The topological polar surface area (TPSA) is 27.7 Å². The molecule has 28 heavy (non-hydrogen) atoms. The first-order valence-electron chi connectivity index (χ1n) is 10.7. The highest BCUT2D eigenvalue weighted by Gasteiger charge is 2.25. The van der Waals surface area contributed by atoms with Crippen LogP contribution < -0.4 is 0 Å². The van der Waals surface area contributed by atoms with E-state index >= 15 is 0 Å². The van der Waals surface area contributed by atoms with Crippen LogP contribution >= 0.6 is 23.2 Å². The van der Waals surface area contributed by atoms with Gasteiger partial charge in [0.15, 0.2) is 6.29 Å². The molecule has 0 N–H and O–H groups in total. The van der Waals surface area contributed by atoms with Crippen molar-refractivity contribution < 1.29 is 14.2 Å². The smallest absolute Gasteiger partial charge is 0.157 e. The molecule has 0 amide bonds. The van der Waals surface area contributed by atoms with Gasteiger partial charge in [0.25, 0.3) is 0 Å². The standard InChI is InChI=1S/C23H32Cl2O3/c24-20-11-8-12-21(25)19(20)17-28-22-13-4-3-10-18(22)9-2-1-6-15-26-23-14-5-7-16-27-23/h1,6,8,11-12,18,22-23H,2-5,7,9-10,13-17H2/b6-1+/t18-,22?,23+/m0/s1.